The Kier molecular flexibility index (Phi) is 2.51. The zero-order valence-electron chi connectivity index (χ0n) is 7.85. The topological polar surface area (TPSA) is 73.8 Å². The molecule has 2 rings (SSSR count). The molecule has 0 radical (unpaired) electrons. The van der Waals surface area contributed by atoms with Crippen LogP contribution in [0.5, 0.6) is 0 Å². The van der Waals surface area contributed by atoms with Gasteiger partial charge in [0.15, 0.2) is 11.6 Å². The molecule has 0 N–H and O–H groups in total. The summed E-state index contributed by atoms with van der Waals surface area (Å²) in [5.74, 6) is 0.168. The number of carbonyl (C=O) groups excluding carboxylic acids is 1. The van der Waals surface area contributed by atoms with Crippen molar-refractivity contribution in [1.29, 1.82) is 0 Å². The highest BCUT2D eigenvalue weighted by molar-refractivity contribution is 6.32. The maximum absolute atomic E-state index is 11.6. The summed E-state index contributed by atoms with van der Waals surface area (Å²) in [6, 6.07) is 1.51. The van der Waals surface area contributed by atoms with E-state index < -0.39 is 0 Å². The lowest BCUT2D eigenvalue weighted by atomic mass is 10.1. The van der Waals surface area contributed by atoms with Crippen LogP contribution in [0.15, 0.2) is 16.7 Å². The highest BCUT2D eigenvalue weighted by Crippen LogP contribution is 2.17. The third-order valence-corrected chi connectivity index (χ3v) is 2.08. The van der Waals surface area contributed by atoms with Crippen LogP contribution < -0.4 is 0 Å². The van der Waals surface area contributed by atoms with E-state index in [-0.39, 0.29) is 17.4 Å². The Morgan fingerprint density at radius 3 is 3.00 bits per heavy atom. The summed E-state index contributed by atoms with van der Waals surface area (Å²) in [6.07, 6.45) is 1.42. The van der Waals surface area contributed by atoms with Gasteiger partial charge >= 0.3 is 0 Å². The highest BCUT2D eigenvalue weighted by Gasteiger charge is 2.15. The van der Waals surface area contributed by atoms with Crippen LogP contribution in [-0.2, 0) is 13.5 Å². The lowest BCUT2D eigenvalue weighted by molar-refractivity contribution is 0.0990. The minimum atomic E-state index is -0.193. The number of tetrazole rings is 1. The van der Waals surface area contributed by atoms with Crippen molar-refractivity contribution in [3.8, 4) is 0 Å². The third kappa shape index (κ3) is 2.04. The first-order chi connectivity index (χ1) is 7.16. The number of rotatable bonds is 3. The second-order valence-corrected chi connectivity index (χ2v) is 3.25. The zero-order valence-corrected chi connectivity index (χ0v) is 8.60. The van der Waals surface area contributed by atoms with Gasteiger partial charge < -0.3 is 4.42 Å². The Bertz CT molecular complexity index is 490. The number of furan rings is 1. The molecule has 78 valence electrons. The normalized spacial score (nSPS) is 10.5. The number of Topliss-reactive ketones (excluding diaryl/α,β-unsaturated/α-hetero) is 1. The lowest BCUT2D eigenvalue weighted by Gasteiger charge is -1.92. The number of hydrogen-bond acceptors (Lipinski definition) is 5. The maximum atomic E-state index is 11.6. The van der Waals surface area contributed by atoms with Crippen molar-refractivity contribution in [2.24, 2.45) is 7.05 Å². The summed E-state index contributed by atoms with van der Waals surface area (Å²) in [7, 11) is 1.63. The van der Waals surface area contributed by atoms with Gasteiger partial charge in [0.25, 0.3) is 0 Å². The van der Waals surface area contributed by atoms with Crippen molar-refractivity contribution < 1.29 is 9.21 Å². The number of carbonyl (C=O) groups is 1. The van der Waals surface area contributed by atoms with Gasteiger partial charge in [-0.15, -0.1) is 10.2 Å². The van der Waals surface area contributed by atoms with E-state index in [2.05, 4.69) is 15.4 Å². The van der Waals surface area contributed by atoms with Crippen LogP contribution in [0.2, 0.25) is 5.22 Å². The van der Waals surface area contributed by atoms with Crippen LogP contribution in [0.4, 0.5) is 0 Å². The van der Waals surface area contributed by atoms with Crippen LogP contribution in [0.25, 0.3) is 0 Å². The second-order valence-electron chi connectivity index (χ2n) is 2.90. The van der Waals surface area contributed by atoms with Gasteiger partial charge in [-0.05, 0) is 22.9 Å². The van der Waals surface area contributed by atoms with Crippen molar-refractivity contribution in [2.45, 2.75) is 6.42 Å². The molecule has 0 aliphatic heterocycles. The third-order valence-electron chi connectivity index (χ3n) is 1.79. The minimum absolute atomic E-state index is 0.0626. The Hall–Kier alpha value is -1.69. The van der Waals surface area contributed by atoms with E-state index in [9.17, 15) is 4.79 Å². The van der Waals surface area contributed by atoms with Gasteiger partial charge in [0, 0.05) is 0 Å². The molecule has 0 aromatic carbocycles. The first-order valence-electron chi connectivity index (χ1n) is 4.16. The molecule has 0 unspecified atom stereocenters. The fourth-order valence-electron chi connectivity index (χ4n) is 1.13. The van der Waals surface area contributed by atoms with E-state index in [1.807, 2.05) is 0 Å². The molecule has 0 fully saturated rings. The summed E-state index contributed by atoms with van der Waals surface area (Å²) in [4.78, 5) is 12.9. The van der Waals surface area contributed by atoms with Crippen LogP contribution >= 0.6 is 11.6 Å². The number of nitrogens with zero attached hydrogens (tertiary/aromatic N) is 4. The first-order valence-corrected chi connectivity index (χ1v) is 4.53. The van der Waals surface area contributed by atoms with Gasteiger partial charge in [-0.3, -0.25) is 4.79 Å². The van der Waals surface area contributed by atoms with E-state index in [1.54, 1.807) is 7.05 Å². The number of aryl methyl sites for hydroxylation is 1. The molecule has 15 heavy (non-hydrogen) atoms. The lowest BCUT2D eigenvalue weighted by Crippen LogP contribution is -2.05. The molecule has 0 aliphatic carbocycles. The average Bonchev–Trinajstić information content (AvgIpc) is 2.75. The molecular weight excluding hydrogens is 220 g/mol. The molecule has 0 atom stereocenters. The van der Waals surface area contributed by atoms with E-state index in [1.165, 1.54) is 17.1 Å². The summed E-state index contributed by atoms with van der Waals surface area (Å²) >= 11 is 5.66. The smallest absolute Gasteiger partial charge is 0.203 e. The monoisotopic (exact) mass is 226 g/mol. The van der Waals surface area contributed by atoms with E-state index >= 15 is 0 Å². The molecule has 0 spiro atoms. The second kappa shape index (κ2) is 3.82. The van der Waals surface area contributed by atoms with Crippen molar-refractivity contribution in [3.05, 3.63) is 28.9 Å². The number of halogens is 1. The van der Waals surface area contributed by atoms with Gasteiger partial charge in [-0.25, -0.2) is 0 Å². The Morgan fingerprint density at radius 2 is 2.47 bits per heavy atom. The predicted molar refractivity (Wildman–Crippen MR) is 50.6 cm³/mol. The molecule has 2 aromatic rings. The Morgan fingerprint density at radius 1 is 1.67 bits per heavy atom. The van der Waals surface area contributed by atoms with Gasteiger partial charge in [0.2, 0.25) is 5.22 Å². The fraction of sp³-hybridized carbons (Fsp3) is 0.250. The maximum Gasteiger partial charge on any atom is 0.203 e. The Labute approximate surface area is 89.8 Å². The number of ketones is 1. The summed E-state index contributed by atoms with van der Waals surface area (Å²) in [6.45, 7) is 0. The first kappa shape index (κ1) is 9.85. The highest BCUT2D eigenvalue weighted by atomic mass is 35.5. The van der Waals surface area contributed by atoms with E-state index in [0.29, 0.717) is 11.4 Å². The molecular formula is C8H7ClN4O2. The Balaban J connectivity index is 2.14. The van der Waals surface area contributed by atoms with Crippen molar-refractivity contribution in [1.82, 2.24) is 20.2 Å². The van der Waals surface area contributed by atoms with E-state index in [4.69, 9.17) is 16.0 Å². The summed E-state index contributed by atoms with van der Waals surface area (Å²) < 4.78 is 4.81. The molecule has 6 nitrogen and oxygen atoms in total. The quantitative estimate of drug-likeness (QED) is 0.727. The molecule has 0 aliphatic rings. The largest absolute Gasteiger partial charge is 0.452 e. The SMILES string of the molecule is Cn1nnc(CC(=O)c2ccoc2Cl)n1. The van der Waals surface area contributed by atoms with Crippen molar-refractivity contribution in [3.63, 3.8) is 0 Å². The van der Waals surface area contributed by atoms with E-state index in [0.717, 1.165) is 0 Å². The molecule has 0 bridgehead atoms. The standard InChI is InChI=1S/C8H7ClN4O2/c1-13-11-7(10-12-13)4-6(14)5-2-3-15-8(5)9/h2-3H,4H2,1H3. The molecule has 2 heterocycles. The van der Waals surface area contributed by atoms with Gasteiger partial charge in [0.05, 0.1) is 25.3 Å². The van der Waals surface area contributed by atoms with Crippen molar-refractivity contribution >= 4 is 17.4 Å². The molecule has 0 amide bonds. The van der Waals surface area contributed by atoms with Crippen LogP contribution in [0.3, 0.4) is 0 Å². The molecule has 2 aromatic heterocycles. The van der Waals surface area contributed by atoms with Crippen LogP contribution in [0, 0.1) is 0 Å². The average molecular weight is 227 g/mol. The van der Waals surface area contributed by atoms with Gasteiger partial charge in [-0.1, -0.05) is 0 Å². The van der Waals surface area contributed by atoms with Gasteiger partial charge in [-0.2, -0.15) is 4.80 Å². The molecule has 7 heteroatoms. The van der Waals surface area contributed by atoms with Crippen LogP contribution in [-0.4, -0.2) is 26.0 Å². The van der Waals surface area contributed by atoms with Gasteiger partial charge in [0.1, 0.15) is 0 Å². The number of hydrogen-bond donors (Lipinski definition) is 0. The summed E-state index contributed by atoms with van der Waals surface area (Å²) in [5.41, 5.74) is 0.337. The number of aromatic nitrogens is 4. The molecule has 0 saturated carbocycles. The van der Waals surface area contributed by atoms with Crippen molar-refractivity contribution in [2.75, 3.05) is 0 Å². The predicted octanol–water partition coefficient (Wildman–Crippen LogP) is 0.882. The molecule has 0 saturated heterocycles. The fourth-order valence-corrected chi connectivity index (χ4v) is 1.35. The minimum Gasteiger partial charge on any atom is -0.452 e. The van der Waals surface area contributed by atoms with Crippen LogP contribution in [0.1, 0.15) is 16.2 Å². The summed E-state index contributed by atoms with van der Waals surface area (Å²) in [5, 5.41) is 11.3. The zero-order chi connectivity index (χ0) is 10.8.